The molecule has 5 nitrogen and oxygen atoms in total. The van der Waals surface area contributed by atoms with Crippen LogP contribution in [0, 0.1) is 5.21 Å². The van der Waals surface area contributed by atoms with E-state index in [2.05, 4.69) is 5.32 Å². The van der Waals surface area contributed by atoms with Crippen molar-refractivity contribution in [2.45, 2.75) is 6.54 Å². The smallest absolute Gasteiger partial charge is 0.234 e. The Morgan fingerprint density at radius 3 is 2.47 bits per heavy atom. The predicted molar refractivity (Wildman–Crippen MR) is 52.3 cm³/mol. The van der Waals surface area contributed by atoms with Gasteiger partial charge in [0.15, 0.2) is 0 Å². The highest BCUT2D eigenvalue weighted by molar-refractivity contribution is 5.77. The highest BCUT2D eigenvalue weighted by Crippen LogP contribution is 2.03. The van der Waals surface area contributed by atoms with Gasteiger partial charge in [0.05, 0.1) is 6.54 Å². The lowest BCUT2D eigenvalue weighted by Crippen LogP contribution is -3.00. The Kier molecular flexibility index (Phi) is 7.22. The Morgan fingerprint density at radius 1 is 1.40 bits per heavy atom. The van der Waals surface area contributed by atoms with Crippen molar-refractivity contribution in [3.05, 3.63) is 35.0 Å². The van der Waals surface area contributed by atoms with Crippen molar-refractivity contribution in [3.63, 3.8) is 0 Å². The van der Waals surface area contributed by atoms with Crippen molar-refractivity contribution >= 4 is 11.6 Å². The van der Waals surface area contributed by atoms with E-state index in [1.54, 1.807) is 24.3 Å². The Morgan fingerprint density at radius 2 is 2.00 bits per heavy atom. The molecule has 6 heteroatoms. The molecule has 0 saturated carbocycles. The molecule has 5 N–H and O–H groups in total. The Hall–Kier alpha value is -0.700. The molecule has 0 fully saturated rings. The van der Waals surface area contributed by atoms with Crippen LogP contribution in [0.4, 0.5) is 5.69 Å². The largest absolute Gasteiger partial charge is 1.00 e. The lowest BCUT2D eigenvalue weighted by atomic mass is 10.2. The van der Waals surface area contributed by atoms with Gasteiger partial charge in [0, 0.05) is 6.54 Å². The lowest BCUT2D eigenvalue weighted by molar-refractivity contribution is -0.497. The fourth-order valence-electron chi connectivity index (χ4n) is 0.987. The third-order valence-corrected chi connectivity index (χ3v) is 1.79. The first-order chi connectivity index (χ1) is 6.76. The molecule has 0 saturated heterocycles. The molecule has 0 aliphatic heterocycles. The van der Waals surface area contributed by atoms with Crippen molar-refractivity contribution in [3.8, 4) is 0 Å². The minimum atomic E-state index is -0.190. The minimum Gasteiger partial charge on any atom is -1.00 e. The number of halogens is 1. The zero-order valence-corrected chi connectivity index (χ0v) is 10.2. The monoisotopic (exact) mass is 322 g/mol. The Bertz CT molecular complexity index is 303. The second-order valence-electron chi connectivity index (χ2n) is 2.84. The molecule has 84 valence electrons. The first-order valence-electron chi connectivity index (χ1n) is 4.27. The third-order valence-electron chi connectivity index (χ3n) is 1.79. The van der Waals surface area contributed by atoms with Gasteiger partial charge in [-0.25, -0.2) is 0 Å². The molecule has 15 heavy (non-hydrogen) atoms. The average molecular weight is 322 g/mol. The zero-order chi connectivity index (χ0) is 10.4. The summed E-state index contributed by atoms with van der Waals surface area (Å²) in [6, 6.07) is 6.99. The van der Waals surface area contributed by atoms with Gasteiger partial charge in [-0.1, -0.05) is 12.1 Å². The van der Waals surface area contributed by atoms with Gasteiger partial charge in [-0.15, -0.1) is 0 Å². The molecule has 0 atom stereocenters. The topological polar surface area (TPSA) is 94.8 Å². The van der Waals surface area contributed by atoms with Crippen LogP contribution in [0.2, 0.25) is 0 Å². The summed E-state index contributed by atoms with van der Waals surface area (Å²) in [7, 11) is 0. The van der Waals surface area contributed by atoms with E-state index < -0.39 is 0 Å². The number of benzene rings is 1. The van der Waals surface area contributed by atoms with Crippen molar-refractivity contribution in [2.75, 3.05) is 6.54 Å². The second kappa shape index (κ2) is 7.57. The van der Waals surface area contributed by atoms with Crippen LogP contribution in [0.25, 0.3) is 0 Å². The summed E-state index contributed by atoms with van der Waals surface area (Å²) in [5.74, 6) is -0.190. The number of nitrogens with two attached hydrogens (primary N) is 2. The molecule has 1 amide bonds. The quantitative estimate of drug-likeness (QED) is 0.299. The van der Waals surface area contributed by atoms with Gasteiger partial charge in [0.2, 0.25) is 5.91 Å². The first-order valence-corrected chi connectivity index (χ1v) is 4.27. The van der Waals surface area contributed by atoms with Crippen LogP contribution in [-0.2, 0) is 11.3 Å². The molecule has 0 bridgehead atoms. The standard InChI is InChI=1S/C9H13N3O2.HI/c10-5-9(13)11-6-7-1-3-8(12-14)4-2-7;/h1-4H,5-6,10,12H2,(H,11,13);1H/p-1. The molecule has 1 aromatic rings. The predicted octanol–water partition coefficient (Wildman–Crippen LogP) is -4.04. The molecule has 0 radical (unpaired) electrons. The van der Waals surface area contributed by atoms with E-state index >= 15 is 0 Å². The number of hydrogen-bond acceptors (Lipinski definition) is 3. The van der Waals surface area contributed by atoms with E-state index in [4.69, 9.17) is 5.73 Å². The number of nitrogens with one attached hydrogen (secondary N) is 1. The summed E-state index contributed by atoms with van der Waals surface area (Å²) in [4.78, 5) is 10.8. The molecule has 0 heterocycles. The van der Waals surface area contributed by atoms with Gasteiger partial charge in [0.25, 0.3) is 0 Å². The van der Waals surface area contributed by atoms with E-state index in [0.717, 1.165) is 11.0 Å². The molecular weight excluding hydrogens is 309 g/mol. The fraction of sp³-hybridized carbons (Fsp3) is 0.222. The number of carbonyl (C=O) groups is 1. The maximum absolute atomic E-state index is 10.8. The number of rotatable bonds is 4. The average Bonchev–Trinajstić information content (AvgIpc) is 2.26. The van der Waals surface area contributed by atoms with Crippen molar-refractivity contribution in [1.82, 2.24) is 5.32 Å². The molecule has 0 unspecified atom stereocenters. The van der Waals surface area contributed by atoms with Gasteiger partial charge >= 0.3 is 0 Å². The van der Waals surface area contributed by atoms with E-state index in [9.17, 15) is 10.0 Å². The van der Waals surface area contributed by atoms with E-state index in [1.165, 1.54) is 0 Å². The van der Waals surface area contributed by atoms with Gasteiger partial charge in [-0.3, -0.25) is 4.79 Å². The first kappa shape index (κ1) is 14.3. The summed E-state index contributed by atoms with van der Waals surface area (Å²) in [5, 5.41) is 13.0. The van der Waals surface area contributed by atoms with Crippen molar-refractivity contribution in [2.24, 2.45) is 5.73 Å². The second-order valence-corrected chi connectivity index (χ2v) is 2.84. The van der Waals surface area contributed by atoms with Crippen LogP contribution in [0.3, 0.4) is 0 Å². The molecule has 1 aromatic carbocycles. The summed E-state index contributed by atoms with van der Waals surface area (Å²) in [5.41, 5.74) is 7.47. The van der Waals surface area contributed by atoms with Crippen LogP contribution < -0.4 is 40.5 Å². The van der Waals surface area contributed by atoms with Gasteiger partial charge in [-0.05, 0) is 17.7 Å². The molecule has 0 aliphatic carbocycles. The van der Waals surface area contributed by atoms with Gasteiger partial charge in [0.1, 0.15) is 5.69 Å². The Labute approximate surface area is 105 Å². The van der Waals surface area contributed by atoms with E-state index in [1.807, 2.05) is 0 Å². The van der Waals surface area contributed by atoms with Gasteiger partial charge in [-0.2, -0.15) is 0 Å². The lowest BCUT2D eigenvalue weighted by Gasteiger charge is -2.05. The molecule has 0 aromatic heterocycles. The summed E-state index contributed by atoms with van der Waals surface area (Å²) in [6.07, 6.45) is 0. The number of carbonyl (C=O) groups excluding carboxylic acids is 1. The third kappa shape index (κ3) is 5.07. The SMILES string of the molecule is NCC(=O)NCc1ccc([NH2+][O-])cc1.[I-]. The van der Waals surface area contributed by atoms with E-state index in [-0.39, 0.29) is 36.4 Å². The zero-order valence-electron chi connectivity index (χ0n) is 8.07. The molecule has 0 aliphatic rings. The van der Waals surface area contributed by atoms with Crippen molar-refractivity contribution in [1.29, 1.82) is 0 Å². The molecule has 0 spiro atoms. The maximum Gasteiger partial charge on any atom is 0.234 e. The normalized spacial score (nSPS) is 9.20. The van der Waals surface area contributed by atoms with E-state index in [0.29, 0.717) is 12.2 Å². The fourth-order valence-corrected chi connectivity index (χ4v) is 0.987. The summed E-state index contributed by atoms with van der Waals surface area (Å²) >= 11 is 0. The van der Waals surface area contributed by atoms with Crippen LogP contribution >= 0.6 is 0 Å². The van der Waals surface area contributed by atoms with Gasteiger partial charge < -0.3 is 45.7 Å². The molecule has 1 rings (SSSR count). The maximum atomic E-state index is 10.8. The minimum absolute atomic E-state index is 0. The van der Waals surface area contributed by atoms with Crippen LogP contribution in [0.1, 0.15) is 5.56 Å². The van der Waals surface area contributed by atoms with Crippen LogP contribution in [0.5, 0.6) is 0 Å². The van der Waals surface area contributed by atoms with Crippen LogP contribution in [0.15, 0.2) is 24.3 Å². The van der Waals surface area contributed by atoms with Crippen LogP contribution in [-0.4, -0.2) is 12.5 Å². The number of hydrogen-bond donors (Lipinski definition) is 3. The summed E-state index contributed by atoms with van der Waals surface area (Å²) in [6.45, 7) is 0.432. The highest BCUT2D eigenvalue weighted by Gasteiger charge is 1.97. The number of quaternary nitrogens is 1. The van der Waals surface area contributed by atoms with Crippen molar-refractivity contribution < 1.29 is 34.3 Å². The Balaban J connectivity index is 0.00000196. The molecular formula is C9H13IN3O2-. The highest BCUT2D eigenvalue weighted by atomic mass is 127. The number of amides is 1. The summed E-state index contributed by atoms with van der Waals surface area (Å²) < 4.78 is 0.